The van der Waals surface area contributed by atoms with Crippen molar-refractivity contribution in [1.29, 1.82) is 5.41 Å². The Bertz CT molecular complexity index is 983. The Morgan fingerprint density at radius 2 is 1.92 bits per heavy atom. The predicted octanol–water partition coefficient (Wildman–Crippen LogP) is 2.94. The number of nitrogens with one attached hydrogen (secondary N) is 4. The van der Waals surface area contributed by atoms with E-state index in [1.54, 1.807) is 12.4 Å². The minimum absolute atomic E-state index is 0.225. The molecule has 0 unspecified atom stereocenters. The van der Waals surface area contributed by atoms with Crippen LogP contribution in [-0.4, -0.2) is 39.2 Å². The molecule has 134 valence electrons. The van der Waals surface area contributed by atoms with Crippen LogP contribution < -0.4 is 10.6 Å². The third-order valence-corrected chi connectivity index (χ3v) is 3.84. The zero-order chi connectivity index (χ0) is 18.9. The highest BCUT2D eigenvalue weighted by molar-refractivity contribution is 6.14. The summed E-state index contributed by atoms with van der Waals surface area (Å²) in [6.07, 6.45) is 3.14. The molecule has 1 amide bonds. The highest BCUT2D eigenvalue weighted by atomic mass is 16.1. The molecule has 0 atom stereocenters. The van der Waals surface area contributed by atoms with E-state index in [0.29, 0.717) is 22.4 Å². The molecule has 2 heterocycles. The Kier molecular flexibility index (Phi) is 4.46. The van der Waals surface area contributed by atoms with Crippen LogP contribution in [0.3, 0.4) is 0 Å². The third kappa shape index (κ3) is 3.42. The molecular formula is C19H22N6O. The minimum Gasteiger partial charge on any atom is -0.388 e. The second kappa shape index (κ2) is 6.59. The van der Waals surface area contributed by atoms with Crippen molar-refractivity contribution in [1.82, 2.24) is 20.3 Å². The van der Waals surface area contributed by atoms with Crippen LogP contribution in [0.25, 0.3) is 11.2 Å². The van der Waals surface area contributed by atoms with Crippen LogP contribution in [0.2, 0.25) is 0 Å². The topological polar surface area (TPSA) is 107 Å². The first-order valence-corrected chi connectivity index (χ1v) is 8.33. The summed E-state index contributed by atoms with van der Waals surface area (Å²) in [7, 11) is 1.81. The number of benzene rings is 1. The molecule has 2 aromatic heterocycles. The molecule has 7 nitrogen and oxygen atoms in total. The maximum atomic E-state index is 12.5. The van der Waals surface area contributed by atoms with Crippen LogP contribution >= 0.6 is 0 Å². The van der Waals surface area contributed by atoms with Crippen molar-refractivity contribution in [2.75, 3.05) is 12.4 Å². The smallest absolute Gasteiger partial charge is 0.255 e. The van der Waals surface area contributed by atoms with E-state index in [9.17, 15) is 4.79 Å². The normalized spacial score (nSPS) is 11.4. The number of para-hydroxylation sites is 1. The van der Waals surface area contributed by atoms with E-state index in [0.717, 1.165) is 11.3 Å². The van der Waals surface area contributed by atoms with Crippen LogP contribution in [0.15, 0.2) is 36.7 Å². The molecule has 0 spiro atoms. The summed E-state index contributed by atoms with van der Waals surface area (Å²) in [6, 6.07) is 7.52. The van der Waals surface area contributed by atoms with Gasteiger partial charge in [-0.05, 0) is 26.8 Å². The Hall–Kier alpha value is -3.22. The fourth-order valence-corrected chi connectivity index (χ4v) is 2.65. The number of carbonyl (C=O) groups is 1. The van der Waals surface area contributed by atoms with E-state index in [1.165, 1.54) is 0 Å². The molecule has 0 fully saturated rings. The van der Waals surface area contributed by atoms with Crippen molar-refractivity contribution in [2.45, 2.75) is 26.3 Å². The van der Waals surface area contributed by atoms with Crippen molar-refractivity contribution in [3.63, 3.8) is 0 Å². The number of hydrogen-bond donors (Lipinski definition) is 4. The van der Waals surface area contributed by atoms with Gasteiger partial charge >= 0.3 is 0 Å². The summed E-state index contributed by atoms with van der Waals surface area (Å²) < 4.78 is 0. The molecule has 0 saturated heterocycles. The van der Waals surface area contributed by atoms with E-state index < -0.39 is 0 Å². The lowest BCUT2D eigenvalue weighted by atomic mass is 10.1. The van der Waals surface area contributed by atoms with Gasteiger partial charge in [0, 0.05) is 30.0 Å². The van der Waals surface area contributed by atoms with Gasteiger partial charge in [0.2, 0.25) is 0 Å². The average Bonchev–Trinajstić information content (AvgIpc) is 3.02. The van der Waals surface area contributed by atoms with Gasteiger partial charge in [0.05, 0.1) is 17.5 Å². The fourth-order valence-electron chi connectivity index (χ4n) is 2.65. The lowest BCUT2D eigenvalue weighted by Gasteiger charge is -2.20. The third-order valence-electron chi connectivity index (χ3n) is 3.84. The van der Waals surface area contributed by atoms with Gasteiger partial charge in [-0.3, -0.25) is 10.2 Å². The lowest BCUT2D eigenvalue weighted by molar-refractivity contribution is 0.0921. The first-order chi connectivity index (χ1) is 12.3. The molecule has 4 N–H and O–H groups in total. The second-order valence-corrected chi connectivity index (χ2v) is 7.03. The molecule has 0 bridgehead atoms. The van der Waals surface area contributed by atoms with Crippen LogP contribution in [-0.2, 0) is 0 Å². The molecule has 7 heteroatoms. The molecule has 3 rings (SSSR count). The van der Waals surface area contributed by atoms with Gasteiger partial charge in [-0.15, -0.1) is 0 Å². The number of anilines is 1. The number of rotatable bonds is 4. The summed E-state index contributed by atoms with van der Waals surface area (Å²) in [5.74, 6) is -0.225. The summed E-state index contributed by atoms with van der Waals surface area (Å²) in [6.45, 7) is 5.75. The van der Waals surface area contributed by atoms with E-state index in [2.05, 4.69) is 25.6 Å². The Morgan fingerprint density at radius 1 is 1.19 bits per heavy atom. The van der Waals surface area contributed by atoms with Crippen molar-refractivity contribution < 1.29 is 4.79 Å². The molecule has 3 aromatic rings. The van der Waals surface area contributed by atoms with Gasteiger partial charge in [-0.25, -0.2) is 9.97 Å². The molecule has 26 heavy (non-hydrogen) atoms. The number of nitrogens with zero attached hydrogens (tertiary/aromatic N) is 2. The fraction of sp³-hybridized carbons (Fsp3) is 0.263. The van der Waals surface area contributed by atoms with Crippen molar-refractivity contribution in [3.05, 3.63) is 53.5 Å². The number of aromatic amines is 1. The van der Waals surface area contributed by atoms with Crippen molar-refractivity contribution >= 4 is 28.5 Å². The Balaban J connectivity index is 2.02. The largest absolute Gasteiger partial charge is 0.388 e. The standard InChI is InChI=1S/C19H22N6O/c1-19(2,3)25-18(26)12-9-22-17-16(12)24-14(10-23-17)15(20)11-7-5-6-8-13(11)21-4/h5-10,20-21H,1-4H3,(H,22,23)(H,25,26). The lowest BCUT2D eigenvalue weighted by Crippen LogP contribution is -2.40. The maximum Gasteiger partial charge on any atom is 0.255 e. The van der Waals surface area contributed by atoms with Gasteiger partial charge in [-0.1, -0.05) is 18.2 Å². The molecule has 0 saturated carbocycles. The molecular weight excluding hydrogens is 328 g/mol. The van der Waals surface area contributed by atoms with Crippen molar-refractivity contribution in [2.24, 2.45) is 0 Å². The van der Waals surface area contributed by atoms with Crippen LogP contribution in [0.5, 0.6) is 0 Å². The summed E-state index contributed by atoms with van der Waals surface area (Å²) in [5, 5.41) is 14.5. The quantitative estimate of drug-likeness (QED) is 0.543. The SMILES string of the molecule is CNc1ccccc1C(=N)c1cnc2[nH]cc(C(=O)NC(C)(C)C)c2n1. The van der Waals surface area contributed by atoms with E-state index in [1.807, 2.05) is 52.1 Å². The van der Waals surface area contributed by atoms with E-state index in [4.69, 9.17) is 5.41 Å². The van der Waals surface area contributed by atoms with Gasteiger partial charge in [0.15, 0.2) is 5.65 Å². The van der Waals surface area contributed by atoms with Crippen molar-refractivity contribution in [3.8, 4) is 0 Å². The number of fused-ring (bicyclic) bond motifs is 1. The average molecular weight is 350 g/mol. The molecule has 1 aromatic carbocycles. The Labute approximate surface area is 151 Å². The summed E-state index contributed by atoms with van der Waals surface area (Å²) >= 11 is 0. The first kappa shape index (κ1) is 17.6. The molecule has 0 aliphatic rings. The zero-order valence-corrected chi connectivity index (χ0v) is 15.3. The molecule has 0 aliphatic heterocycles. The number of aromatic nitrogens is 3. The van der Waals surface area contributed by atoms with Gasteiger partial charge in [0.25, 0.3) is 5.91 Å². The summed E-state index contributed by atoms with van der Waals surface area (Å²) in [4.78, 5) is 24.3. The van der Waals surface area contributed by atoms with E-state index in [-0.39, 0.29) is 17.2 Å². The van der Waals surface area contributed by atoms with Crippen LogP contribution in [0.4, 0.5) is 5.69 Å². The second-order valence-electron chi connectivity index (χ2n) is 7.03. The molecule has 0 radical (unpaired) electrons. The first-order valence-electron chi connectivity index (χ1n) is 8.33. The van der Waals surface area contributed by atoms with Crippen LogP contribution in [0, 0.1) is 5.41 Å². The summed E-state index contributed by atoms with van der Waals surface area (Å²) in [5.41, 5.74) is 3.23. The van der Waals surface area contributed by atoms with E-state index >= 15 is 0 Å². The number of hydrogen-bond acceptors (Lipinski definition) is 5. The monoisotopic (exact) mass is 350 g/mol. The minimum atomic E-state index is -0.357. The zero-order valence-electron chi connectivity index (χ0n) is 15.3. The Morgan fingerprint density at radius 3 is 2.62 bits per heavy atom. The number of H-pyrrole nitrogens is 1. The highest BCUT2D eigenvalue weighted by Gasteiger charge is 2.20. The van der Waals surface area contributed by atoms with Gasteiger partial charge in [0.1, 0.15) is 11.2 Å². The predicted molar refractivity (Wildman–Crippen MR) is 103 cm³/mol. The molecule has 0 aliphatic carbocycles. The highest BCUT2D eigenvalue weighted by Crippen LogP contribution is 2.20. The number of amides is 1. The van der Waals surface area contributed by atoms with Crippen LogP contribution in [0.1, 0.15) is 42.4 Å². The maximum absolute atomic E-state index is 12.5. The van der Waals surface area contributed by atoms with Gasteiger partial charge in [-0.2, -0.15) is 0 Å². The van der Waals surface area contributed by atoms with Gasteiger partial charge < -0.3 is 15.6 Å². The number of carbonyl (C=O) groups excluding carboxylic acids is 1.